The molecule has 2 aromatic carbocycles. The number of hydrogen-bond donors (Lipinski definition) is 2. The van der Waals surface area contributed by atoms with Gasteiger partial charge < -0.3 is 20.3 Å². The van der Waals surface area contributed by atoms with Gasteiger partial charge in [-0.15, -0.1) is 0 Å². The Balaban J connectivity index is 1.76. The number of rotatable bonds is 6. The molecule has 0 atom stereocenters. The molecule has 7 nitrogen and oxygen atoms in total. The van der Waals surface area contributed by atoms with E-state index in [-0.39, 0.29) is 0 Å². The Kier molecular flexibility index (Phi) is 6.28. The Morgan fingerprint density at radius 2 is 1.65 bits per heavy atom. The predicted molar refractivity (Wildman–Crippen MR) is 112 cm³/mol. The van der Waals surface area contributed by atoms with Crippen molar-refractivity contribution in [2.24, 2.45) is 0 Å². The highest BCUT2D eigenvalue weighted by Gasteiger charge is 2.23. The fourth-order valence-corrected chi connectivity index (χ4v) is 2.75. The molecule has 0 aliphatic carbocycles. The first-order chi connectivity index (χ1) is 14.7. The van der Waals surface area contributed by atoms with Crippen molar-refractivity contribution in [2.45, 2.75) is 6.92 Å². The number of aryl methyl sites for hydroxylation is 1. The average molecular weight is 431 g/mol. The maximum Gasteiger partial charge on any atom is 0.258 e. The van der Waals surface area contributed by atoms with Crippen molar-refractivity contribution in [1.82, 2.24) is 9.97 Å². The van der Waals surface area contributed by atoms with Gasteiger partial charge in [0, 0.05) is 31.5 Å². The van der Waals surface area contributed by atoms with Crippen LogP contribution >= 0.6 is 0 Å². The average Bonchev–Trinajstić information content (AvgIpc) is 2.72. The summed E-state index contributed by atoms with van der Waals surface area (Å²) in [4.78, 5) is 22.8. The maximum atomic E-state index is 14.3. The molecular weight excluding hydrogens is 411 g/mol. The second-order valence-corrected chi connectivity index (χ2v) is 6.78. The lowest BCUT2D eigenvalue weighted by Gasteiger charge is -2.14. The number of nitrogens with zero attached hydrogens (tertiary/aromatic N) is 3. The molecule has 10 heteroatoms. The second-order valence-electron chi connectivity index (χ2n) is 6.78. The molecule has 3 aromatic rings. The minimum absolute atomic E-state index is 0.325. The summed E-state index contributed by atoms with van der Waals surface area (Å²) < 4.78 is 46.0. The Bertz CT molecular complexity index is 1120. The van der Waals surface area contributed by atoms with Gasteiger partial charge in [-0.05, 0) is 37.3 Å². The summed E-state index contributed by atoms with van der Waals surface area (Å²) >= 11 is 0. The Labute approximate surface area is 176 Å². The highest BCUT2D eigenvalue weighted by atomic mass is 19.2. The van der Waals surface area contributed by atoms with Gasteiger partial charge in [-0.3, -0.25) is 4.79 Å². The predicted octanol–water partition coefficient (Wildman–Crippen LogP) is 4.27. The van der Waals surface area contributed by atoms with Crippen molar-refractivity contribution >= 4 is 28.9 Å². The van der Waals surface area contributed by atoms with Crippen LogP contribution in [-0.2, 0) is 0 Å². The fourth-order valence-electron chi connectivity index (χ4n) is 2.75. The van der Waals surface area contributed by atoms with E-state index in [1.165, 1.54) is 0 Å². The van der Waals surface area contributed by atoms with Crippen molar-refractivity contribution in [3.8, 4) is 5.75 Å². The van der Waals surface area contributed by atoms with Crippen LogP contribution in [0.5, 0.6) is 5.75 Å². The molecule has 2 N–H and O–H groups in total. The number of nitrogens with one attached hydrogen (secondary N) is 2. The van der Waals surface area contributed by atoms with Crippen molar-refractivity contribution in [3.63, 3.8) is 0 Å². The van der Waals surface area contributed by atoms with Gasteiger partial charge in [0.25, 0.3) is 5.91 Å². The summed E-state index contributed by atoms with van der Waals surface area (Å²) in [5.41, 5.74) is 0.332. The molecule has 162 valence electrons. The third kappa shape index (κ3) is 4.85. The Morgan fingerprint density at radius 3 is 2.26 bits per heavy atom. The lowest BCUT2D eigenvalue weighted by atomic mass is 10.1. The van der Waals surface area contributed by atoms with E-state index in [1.54, 1.807) is 37.3 Å². The first-order valence-corrected chi connectivity index (χ1v) is 9.12. The van der Waals surface area contributed by atoms with Crippen molar-refractivity contribution in [1.29, 1.82) is 0 Å². The summed E-state index contributed by atoms with van der Waals surface area (Å²) in [7, 11) is 4.72. The third-order valence-corrected chi connectivity index (χ3v) is 4.26. The number of anilines is 4. The molecule has 0 aliphatic heterocycles. The second kappa shape index (κ2) is 8.90. The molecule has 0 aliphatic rings. The van der Waals surface area contributed by atoms with Crippen LogP contribution < -0.4 is 20.3 Å². The van der Waals surface area contributed by atoms with E-state index in [0.717, 1.165) is 12.9 Å². The van der Waals surface area contributed by atoms with E-state index in [1.807, 2.05) is 19.0 Å². The molecule has 31 heavy (non-hydrogen) atoms. The number of halogens is 3. The van der Waals surface area contributed by atoms with Gasteiger partial charge in [0.2, 0.25) is 5.82 Å². The monoisotopic (exact) mass is 431 g/mol. The van der Waals surface area contributed by atoms with E-state index in [2.05, 4.69) is 25.3 Å². The van der Waals surface area contributed by atoms with Crippen LogP contribution in [0.15, 0.2) is 36.4 Å². The summed E-state index contributed by atoms with van der Waals surface area (Å²) in [6, 6.07) is 8.74. The number of aromatic nitrogens is 2. The van der Waals surface area contributed by atoms with Gasteiger partial charge in [-0.1, -0.05) is 0 Å². The zero-order chi connectivity index (χ0) is 22.7. The Hall–Kier alpha value is -3.82. The number of ether oxygens (including phenoxy) is 1. The normalized spacial score (nSPS) is 10.5. The number of carbonyl (C=O) groups is 1. The standard InChI is InChI=1S/C21H20F3N5O2/c1-11-25-16(10-17(26-11)29(2)3)27-12-5-7-13(8-6-12)28-21(30)14-9-15(22)19(24)20(31-4)18(14)23/h5-10H,1-4H3,(H,28,30)(H,25,26,27). The topological polar surface area (TPSA) is 79.4 Å². The van der Waals surface area contributed by atoms with Gasteiger partial charge in [-0.2, -0.15) is 4.39 Å². The minimum Gasteiger partial charge on any atom is -0.491 e. The lowest BCUT2D eigenvalue weighted by molar-refractivity contribution is 0.102. The molecule has 0 bridgehead atoms. The first-order valence-electron chi connectivity index (χ1n) is 9.12. The van der Waals surface area contributed by atoms with Gasteiger partial charge in [0.1, 0.15) is 17.5 Å². The lowest BCUT2D eigenvalue weighted by Crippen LogP contribution is -2.15. The van der Waals surface area contributed by atoms with Crippen molar-refractivity contribution in [2.75, 3.05) is 36.7 Å². The van der Waals surface area contributed by atoms with Crippen LogP contribution in [0.2, 0.25) is 0 Å². The third-order valence-electron chi connectivity index (χ3n) is 4.26. The van der Waals surface area contributed by atoms with Crippen molar-refractivity contribution in [3.05, 3.63) is 65.2 Å². The van der Waals surface area contributed by atoms with Crippen LogP contribution in [0, 0.1) is 24.4 Å². The summed E-state index contributed by atoms with van der Waals surface area (Å²) in [5.74, 6) is -4.15. The Morgan fingerprint density at radius 1 is 1.00 bits per heavy atom. The molecule has 1 aromatic heterocycles. The number of methoxy groups -OCH3 is 1. The smallest absolute Gasteiger partial charge is 0.258 e. The van der Waals surface area contributed by atoms with Gasteiger partial charge in [0.05, 0.1) is 12.7 Å². The summed E-state index contributed by atoms with van der Waals surface area (Å²) in [5, 5.41) is 5.57. The fraction of sp³-hybridized carbons (Fsp3) is 0.190. The maximum absolute atomic E-state index is 14.3. The zero-order valence-electron chi connectivity index (χ0n) is 17.3. The van der Waals surface area contributed by atoms with Crippen molar-refractivity contribution < 1.29 is 22.7 Å². The molecule has 1 heterocycles. The molecule has 0 radical (unpaired) electrons. The number of amides is 1. The molecule has 0 spiro atoms. The zero-order valence-corrected chi connectivity index (χ0v) is 17.3. The number of carbonyl (C=O) groups excluding carboxylic acids is 1. The van der Waals surface area contributed by atoms with Gasteiger partial charge in [-0.25, -0.2) is 18.7 Å². The van der Waals surface area contributed by atoms with Crippen LogP contribution in [0.4, 0.5) is 36.2 Å². The van der Waals surface area contributed by atoms with Crippen LogP contribution in [-0.4, -0.2) is 37.1 Å². The molecule has 3 rings (SSSR count). The van der Waals surface area contributed by atoms with E-state index in [9.17, 15) is 18.0 Å². The highest BCUT2D eigenvalue weighted by Crippen LogP contribution is 2.28. The van der Waals surface area contributed by atoms with Gasteiger partial charge >= 0.3 is 0 Å². The van der Waals surface area contributed by atoms with E-state index >= 15 is 0 Å². The largest absolute Gasteiger partial charge is 0.491 e. The SMILES string of the molecule is COc1c(F)c(F)cc(C(=O)Nc2ccc(Nc3cc(N(C)C)nc(C)n3)cc2)c1F. The van der Waals surface area contributed by atoms with E-state index in [0.29, 0.717) is 29.1 Å². The van der Waals surface area contributed by atoms with Gasteiger partial charge in [0.15, 0.2) is 17.4 Å². The molecule has 1 amide bonds. The van der Waals surface area contributed by atoms with Crippen LogP contribution in [0.1, 0.15) is 16.2 Å². The van der Waals surface area contributed by atoms with E-state index < -0.39 is 34.7 Å². The minimum atomic E-state index is -1.50. The quantitative estimate of drug-likeness (QED) is 0.568. The first kappa shape index (κ1) is 21.9. The number of hydrogen-bond acceptors (Lipinski definition) is 6. The van der Waals surface area contributed by atoms with E-state index in [4.69, 9.17) is 0 Å². The number of benzene rings is 2. The molecule has 0 fully saturated rings. The summed E-state index contributed by atoms with van der Waals surface area (Å²) in [6.45, 7) is 1.78. The molecule has 0 saturated heterocycles. The van der Waals surface area contributed by atoms with Crippen LogP contribution in [0.3, 0.4) is 0 Å². The molecule has 0 saturated carbocycles. The summed E-state index contributed by atoms with van der Waals surface area (Å²) in [6.07, 6.45) is 0. The highest BCUT2D eigenvalue weighted by molar-refractivity contribution is 6.04. The van der Waals surface area contributed by atoms with Crippen LogP contribution in [0.25, 0.3) is 0 Å². The molecular formula is C21H20F3N5O2. The molecule has 0 unspecified atom stereocenters.